The molecule has 0 spiro atoms. The number of amides is 2. The van der Waals surface area contributed by atoms with Gasteiger partial charge in [0.2, 0.25) is 5.91 Å². The van der Waals surface area contributed by atoms with Crippen molar-refractivity contribution in [1.82, 2.24) is 4.98 Å². The van der Waals surface area contributed by atoms with E-state index in [1.807, 2.05) is 30.3 Å². The quantitative estimate of drug-likeness (QED) is 0.655. The van der Waals surface area contributed by atoms with Gasteiger partial charge in [-0.1, -0.05) is 28.1 Å². The number of carbonyl (C=O) groups excluding carboxylic acids is 2. The number of aromatic nitrogens is 1. The summed E-state index contributed by atoms with van der Waals surface area (Å²) in [6, 6.07) is 12.9. The molecule has 0 aliphatic carbocycles. The number of H-pyrrole nitrogens is 1. The summed E-state index contributed by atoms with van der Waals surface area (Å²) in [5, 5.41) is 3.63. The Kier molecular flexibility index (Phi) is 3.92. The van der Waals surface area contributed by atoms with Gasteiger partial charge in [-0.25, -0.2) is 0 Å². The first-order valence-electron chi connectivity index (χ1n) is 6.95. The van der Waals surface area contributed by atoms with Gasteiger partial charge < -0.3 is 16.0 Å². The zero-order valence-electron chi connectivity index (χ0n) is 12.3. The number of hydrogen-bond acceptors (Lipinski definition) is 2. The van der Waals surface area contributed by atoms with Crippen LogP contribution in [0.4, 0.5) is 5.69 Å². The van der Waals surface area contributed by atoms with Gasteiger partial charge in [0, 0.05) is 33.7 Å². The summed E-state index contributed by atoms with van der Waals surface area (Å²) in [6.07, 6.45) is 0. The van der Waals surface area contributed by atoms with E-state index in [9.17, 15) is 9.59 Å². The van der Waals surface area contributed by atoms with Crippen molar-refractivity contribution >= 4 is 44.3 Å². The minimum Gasteiger partial charge on any atom is -0.366 e. The highest BCUT2D eigenvalue weighted by molar-refractivity contribution is 9.10. The van der Waals surface area contributed by atoms with Crippen LogP contribution in [0.3, 0.4) is 0 Å². The number of rotatable bonds is 3. The molecule has 2 amide bonds. The molecule has 0 unspecified atom stereocenters. The summed E-state index contributed by atoms with van der Waals surface area (Å²) in [4.78, 5) is 26.0. The van der Waals surface area contributed by atoms with Crippen LogP contribution in [0.2, 0.25) is 0 Å². The van der Waals surface area contributed by atoms with E-state index in [-0.39, 0.29) is 5.91 Å². The number of anilines is 1. The van der Waals surface area contributed by atoms with E-state index in [0.717, 1.165) is 21.1 Å². The zero-order valence-corrected chi connectivity index (χ0v) is 13.9. The molecule has 3 aromatic rings. The predicted molar refractivity (Wildman–Crippen MR) is 94.3 cm³/mol. The molecule has 23 heavy (non-hydrogen) atoms. The molecule has 5 nitrogen and oxygen atoms in total. The standard InChI is InChI=1S/C17H14BrN3O2/c1-9(22)20-11-4-2-3-10(7-11)15-8-13-14(18)6-5-12(17(19)23)16(13)21-15/h2-8,21H,1H3,(H2,19,23)(H,20,22). The lowest BCUT2D eigenvalue weighted by Gasteiger charge is -2.04. The third-order valence-corrected chi connectivity index (χ3v) is 4.19. The molecule has 1 aromatic heterocycles. The van der Waals surface area contributed by atoms with E-state index >= 15 is 0 Å². The molecule has 116 valence electrons. The van der Waals surface area contributed by atoms with Crippen LogP contribution in [0.25, 0.3) is 22.2 Å². The molecule has 1 heterocycles. The Hall–Kier alpha value is -2.60. The second kappa shape index (κ2) is 5.89. The van der Waals surface area contributed by atoms with E-state index in [1.54, 1.807) is 12.1 Å². The average molecular weight is 372 g/mol. The molecule has 0 fully saturated rings. The molecular formula is C17H14BrN3O2. The summed E-state index contributed by atoms with van der Waals surface area (Å²) >= 11 is 3.48. The summed E-state index contributed by atoms with van der Waals surface area (Å²) in [6.45, 7) is 1.46. The lowest BCUT2D eigenvalue weighted by molar-refractivity contribution is -0.114. The smallest absolute Gasteiger partial charge is 0.250 e. The van der Waals surface area contributed by atoms with Crippen molar-refractivity contribution in [1.29, 1.82) is 0 Å². The number of nitrogens with one attached hydrogen (secondary N) is 2. The number of fused-ring (bicyclic) bond motifs is 1. The third kappa shape index (κ3) is 2.98. The lowest BCUT2D eigenvalue weighted by Crippen LogP contribution is -2.11. The summed E-state index contributed by atoms with van der Waals surface area (Å²) < 4.78 is 0.873. The van der Waals surface area contributed by atoms with Gasteiger partial charge in [0.25, 0.3) is 5.91 Å². The highest BCUT2D eigenvalue weighted by Crippen LogP contribution is 2.32. The van der Waals surface area contributed by atoms with Crippen molar-refractivity contribution in [2.24, 2.45) is 5.73 Å². The molecule has 0 aliphatic heterocycles. The molecule has 6 heteroatoms. The predicted octanol–water partition coefficient (Wildman–Crippen LogP) is 3.65. The van der Waals surface area contributed by atoms with Crippen LogP contribution in [0, 0.1) is 0 Å². The molecule has 0 bridgehead atoms. The Morgan fingerprint density at radius 2 is 1.96 bits per heavy atom. The fourth-order valence-corrected chi connectivity index (χ4v) is 2.96. The maximum atomic E-state index is 11.6. The normalized spacial score (nSPS) is 10.7. The highest BCUT2D eigenvalue weighted by Gasteiger charge is 2.13. The number of carbonyl (C=O) groups is 2. The molecule has 0 radical (unpaired) electrons. The Morgan fingerprint density at radius 3 is 2.65 bits per heavy atom. The summed E-state index contributed by atoms with van der Waals surface area (Å²) in [7, 11) is 0. The van der Waals surface area contributed by atoms with Crippen LogP contribution >= 0.6 is 15.9 Å². The van der Waals surface area contributed by atoms with Gasteiger partial charge >= 0.3 is 0 Å². The van der Waals surface area contributed by atoms with Crippen LogP contribution < -0.4 is 11.1 Å². The molecule has 0 atom stereocenters. The van der Waals surface area contributed by atoms with Crippen molar-refractivity contribution in [3.05, 3.63) is 52.5 Å². The molecule has 0 saturated carbocycles. The summed E-state index contributed by atoms with van der Waals surface area (Å²) in [5.41, 5.74) is 9.00. The monoisotopic (exact) mass is 371 g/mol. The summed E-state index contributed by atoms with van der Waals surface area (Å²) in [5.74, 6) is -0.611. The lowest BCUT2D eigenvalue weighted by atomic mass is 10.1. The van der Waals surface area contributed by atoms with Crippen LogP contribution in [0.1, 0.15) is 17.3 Å². The van der Waals surface area contributed by atoms with Crippen LogP contribution in [0.5, 0.6) is 0 Å². The van der Waals surface area contributed by atoms with Crippen molar-refractivity contribution in [3.8, 4) is 11.3 Å². The minimum absolute atomic E-state index is 0.127. The maximum Gasteiger partial charge on any atom is 0.250 e. The SMILES string of the molecule is CC(=O)Nc1cccc(-c2cc3c(Br)ccc(C(N)=O)c3[nH]2)c1. The Balaban J connectivity index is 2.14. The number of benzene rings is 2. The maximum absolute atomic E-state index is 11.6. The fraction of sp³-hybridized carbons (Fsp3) is 0.0588. The van der Waals surface area contributed by atoms with Gasteiger partial charge in [-0.05, 0) is 30.3 Å². The number of primary amides is 1. The minimum atomic E-state index is -0.483. The first kappa shape index (κ1) is 15.3. The molecule has 0 aliphatic rings. The van der Waals surface area contributed by atoms with Gasteiger partial charge in [-0.3, -0.25) is 9.59 Å². The Labute approximate surface area is 141 Å². The first-order chi connectivity index (χ1) is 11.0. The molecule has 0 saturated heterocycles. The second-order valence-corrected chi connectivity index (χ2v) is 6.05. The first-order valence-corrected chi connectivity index (χ1v) is 7.74. The van der Waals surface area contributed by atoms with E-state index in [4.69, 9.17) is 5.73 Å². The van der Waals surface area contributed by atoms with Crippen molar-refractivity contribution in [2.45, 2.75) is 6.92 Å². The van der Waals surface area contributed by atoms with Crippen LogP contribution in [-0.4, -0.2) is 16.8 Å². The molecule has 2 aromatic carbocycles. The second-order valence-electron chi connectivity index (χ2n) is 5.19. The number of nitrogens with two attached hydrogens (primary N) is 1. The molecule has 3 rings (SSSR count). The van der Waals surface area contributed by atoms with Crippen LogP contribution in [-0.2, 0) is 4.79 Å². The van der Waals surface area contributed by atoms with Gasteiger partial charge in [0.1, 0.15) is 0 Å². The van der Waals surface area contributed by atoms with E-state index < -0.39 is 5.91 Å². The largest absolute Gasteiger partial charge is 0.366 e. The van der Waals surface area contributed by atoms with Gasteiger partial charge in [-0.15, -0.1) is 0 Å². The fourth-order valence-electron chi connectivity index (χ4n) is 2.51. The number of hydrogen-bond donors (Lipinski definition) is 3. The van der Waals surface area contributed by atoms with Gasteiger partial charge in [0.05, 0.1) is 11.1 Å². The van der Waals surface area contributed by atoms with E-state index in [1.165, 1.54) is 6.92 Å². The van der Waals surface area contributed by atoms with E-state index in [0.29, 0.717) is 16.8 Å². The van der Waals surface area contributed by atoms with Crippen LogP contribution in [0.15, 0.2) is 46.9 Å². The van der Waals surface area contributed by atoms with Crippen molar-refractivity contribution < 1.29 is 9.59 Å². The third-order valence-electron chi connectivity index (χ3n) is 3.50. The zero-order chi connectivity index (χ0) is 16.6. The van der Waals surface area contributed by atoms with E-state index in [2.05, 4.69) is 26.2 Å². The van der Waals surface area contributed by atoms with Crippen molar-refractivity contribution in [3.63, 3.8) is 0 Å². The topological polar surface area (TPSA) is 88.0 Å². The Bertz CT molecular complexity index is 931. The highest BCUT2D eigenvalue weighted by atomic mass is 79.9. The van der Waals surface area contributed by atoms with Crippen molar-refractivity contribution in [2.75, 3.05) is 5.32 Å². The molecular weight excluding hydrogens is 358 g/mol. The molecule has 4 N–H and O–H groups in total. The van der Waals surface area contributed by atoms with Gasteiger partial charge in [0.15, 0.2) is 0 Å². The number of halogens is 1. The average Bonchev–Trinajstić information content (AvgIpc) is 2.92. The Morgan fingerprint density at radius 1 is 1.17 bits per heavy atom. The van der Waals surface area contributed by atoms with Gasteiger partial charge in [-0.2, -0.15) is 0 Å². The number of aromatic amines is 1.